The van der Waals surface area contributed by atoms with Gasteiger partial charge in [0, 0.05) is 45.8 Å². The van der Waals surface area contributed by atoms with Crippen molar-refractivity contribution in [3.8, 4) is 0 Å². The van der Waals surface area contributed by atoms with Crippen molar-refractivity contribution < 1.29 is 9.53 Å². The molecule has 100 valence electrons. The van der Waals surface area contributed by atoms with Crippen LogP contribution >= 0.6 is 0 Å². The minimum Gasteiger partial charge on any atom is -0.370 e. The summed E-state index contributed by atoms with van der Waals surface area (Å²) in [6.07, 6.45) is 0. The van der Waals surface area contributed by atoms with Gasteiger partial charge in [0.1, 0.15) is 6.61 Å². The predicted molar refractivity (Wildman–Crippen MR) is 68.1 cm³/mol. The summed E-state index contributed by atoms with van der Waals surface area (Å²) in [6.45, 7) is 11.5. The fourth-order valence-electron chi connectivity index (χ4n) is 1.96. The molecule has 0 atom stereocenters. The van der Waals surface area contributed by atoms with Gasteiger partial charge in [-0.1, -0.05) is 0 Å². The summed E-state index contributed by atoms with van der Waals surface area (Å²) in [4.78, 5) is 15.8. The van der Waals surface area contributed by atoms with Crippen LogP contribution in [0.1, 0.15) is 13.8 Å². The molecule has 0 aliphatic carbocycles. The number of piperazine rings is 1. The maximum absolute atomic E-state index is 11.6. The van der Waals surface area contributed by atoms with E-state index in [-0.39, 0.29) is 12.5 Å². The van der Waals surface area contributed by atoms with E-state index in [0.717, 1.165) is 45.8 Å². The van der Waals surface area contributed by atoms with Gasteiger partial charge in [0.25, 0.3) is 0 Å². The zero-order chi connectivity index (χ0) is 12.5. The van der Waals surface area contributed by atoms with E-state index >= 15 is 0 Å². The Hall–Kier alpha value is -0.650. The largest absolute Gasteiger partial charge is 0.370 e. The number of rotatable bonds is 7. The highest BCUT2D eigenvalue weighted by molar-refractivity contribution is 5.77. The van der Waals surface area contributed by atoms with Crippen LogP contribution in [0, 0.1) is 0 Å². The summed E-state index contributed by atoms with van der Waals surface area (Å²) in [5, 5.41) is 3.31. The first-order chi connectivity index (χ1) is 8.27. The molecule has 1 amide bonds. The first kappa shape index (κ1) is 14.4. The van der Waals surface area contributed by atoms with Gasteiger partial charge in [-0.2, -0.15) is 0 Å². The van der Waals surface area contributed by atoms with Crippen molar-refractivity contribution in [3.63, 3.8) is 0 Å². The third-order valence-electron chi connectivity index (χ3n) is 3.10. The number of likely N-dealkylation sites (N-methyl/N-ethyl adjacent to an activating group) is 1. The van der Waals surface area contributed by atoms with Crippen molar-refractivity contribution in [2.75, 3.05) is 59.0 Å². The van der Waals surface area contributed by atoms with Gasteiger partial charge in [0.05, 0.1) is 6.61 Å². The number of carbonyl (C=O) groups excluding carboxylic acids is 1. The highest BCUT2D eigenvalue weighted by atomic mass is 16.5. The van der Waals surface area contributed by atoms with Crippen LogP contribution in [0.4, 0.5) is 0 Å². The Kier molecular flexibility index (Phi) is 7.16. The average molecular weight is 243 g/mol. The second-order valence-corrected chi connectivity index (χ2v) is 4.21. The van der Waals surface area contributed by atoms with Crippen LogP contribution in [0.5, 0.6) is 0 Å². The molecule has 0 bridgehead atoms. The number of ether oxygens (including phenoxy) is 1. The Balaban J connectivity index is 2.04. The van der Waals surface area contributed by atoms with Gasteiger partial charge in [-0.05, 0) is 13.8 Å². The molecule has 0 aromatic carbocycles. The summed E-state index contributed by atoms with van der Waals surface area (Å²) >= 11 is 0. The molecule has 1 aliphatic rings. The quantitative estimate of drug-likeness (QED) is 0.628. The van der Waals surface area contributed by atoms with Crippen LogP contribution in [-0.4, -0.2) is 74.7 Å². The lowest BCUT2D eigenvalue weighted by molar-refractivity contribution is -0.135. The van der Waals surface area contributed by atoms with Crippen LogP contribution in [-0.2, 0) is 9.53 Å². The molecule has 1 aliphatic heterocycles. The second kappa shape index (κ2) is 8.44. The lowest BCUT2D eigenvalue weighted by Crippen LogP contribution is -2.44. The standard InChI is InChI=1S/C12H25N3O2/c1-3-15(4-2)12(16)11-17-10-9-14-7-5-13-6-8-14/h13H,3-11H2,1-2H3. The molecule has 1 saturated heterocycles. The molecule has 1 fully saturated rings. The summed E-state index contributed by atoms with van der Waals surface area (Å²) in [5.41, 5.74) is 0. The minimum atomic E-state index is 0.0929. The van der Waals surface area contributed by atoms with E-state index in [0.29, 0.717) is 6.61 Å². The average Bonchev–Trinajstić information content (AvgIpc) is 2.37. The topological polar surface area (TPSA) is 44.8 Å². The fourth-order valence-corrected chi connectivity index (χ4v) is 1.96. The highest BCUT2D eigenvalue weighted by Crippen LogP contribution is 1.93. The lowest BCUT2D eigenvalue weighted by atomic mass is 10.4. The Labute approximate surface area is 104 Å². The van der Waals surface area contributed by atoms with Crippen molar-refractivity contribution >= 4 is 5.91 Å². The Bertz CT molecular complexity index is 214. The molecule has 0 radical (unpaired) electrons. The van der Waals surface area contributed by atoms with Crippen molar-refractivity contribution in [3.05, 3.63) is 0 Å². The maximum Gasteiger partial charge on any atom is 0.248 e. The molecule has 5 nitrogen and oxygen atoms in total. The highest BCUT2D eigenvalue weighted by Gasteiger charge is 2.11. The van der Waals surface area contributed by atoms with Crippen molar-refractivity contribution in [2.45, 2.75) is 13.8 Å². The van der Waals surface area contributed by atoms with Gasteiger partial charge in [0.2, 0.25) is 5.91 Å². The van der Waals surface area contributed by atoms with Crippen LogP contribution < -0.4 is 5.32 Å². The SMILES string of the molecule is CCN(CC)C(=O)COCCN1CCNCC1. The van der Waals surface area contributed by atoms with E-state index in [9.17, 15) is 4.79 Å². The van der Waals surface area contributed by atoms with Gasteiger partial charge >= 0.3 is 0 Å². The minimum absolute atomic E-state index is 0.0929. The van der Waals surface area contributed by atoms with Gasteiger partial charge in [-0.15, -0.1) is 0 Å². The molecule has 0 unspecified atom stereocenters. The molecule has 1 N–H and O–H groups in total. The number of carbonyl (C=O) groups is 1. The number of hydrogen-bond acceptors (Lipinski definition) is 4. The first-order valence-corrected chi connectivity index (χ1v) is 6.56. The molecule has 0 aromatic rings. The van der Waals surface area contributed by atoms with Crippen LogP contribution in [0.3, 0.4) is 0 Å². The van der Waals surface area contributed by atoms with Crippen molar-refractivity contribution in [2.24, 2.45) is 0 Å². The molecular formula is C12H25N3O2. The van der Waals surface area contributed by atoms with Crippen molar-refractivity contribution in [1.29, 1.82) is 0 Å². The van der Waals surface area contributed by atoms with Crippen molar-refractivity contribution in [1.82, 2.24) is 15.1 Å². The van der Waals surface area contributed by atoms with E-state index in [1.165, 1.54) is 0 Å². The maximum atomic E-state index is 11.6. The monoisotopic (exact) mass is 243 g/mol. The van der Waals surface area contributed by atoms with Crippen LogP contribution in [0.2, 0.25) is 0 Å². The Morgan fingerprint density at radius 2 is 1.94 bits per heavy atom. The number of hydrogen-bond donors (Lipinski definition) is 1. The van der Waals surface area contributed by atoms with E-state index in [1.54, 1.807) is 4.90 Å². The molecule has 0 saturated carbocycles. The molecular weight excluding hydrogens is 218 g/mol. The Morgan fingerprint density at radius 1 is 1.29 bits per heavy atom. The van der Waals surface area contributed by atoms with Crippen LogP contribution in [0.15, 0.2) is 0 Å². The van der Waals surface area contributed by atoms with Crippen LogP contribution in [0.25, 0.3) is 0 Å². The number of amides is 1. The number of nitrogens with one attached hydrogen (secondary N) is 1. The molecule has 1 heterocycles. The zero-order valence-electron chi connectivity index (χ0n) is 11.1. The Morgan fingerprint density at radius 3 is 2.53 bits per heavy atom. The predicted octanol–water partition coefficient (Wildman–Crippen LogP) is -0.223. The second-order valence-electron chi connectivity index (χ2n) is 4.21. The molecule has 0 spiro atoms. The third kappa shape index (κ3) is 5.48. The van der Waals surface area contributed by atoms with E-state index < -0.39 is 0 Å². The van der Waals surface area contributed by atoms with Gasteiger partial charge in [-0.25, -0.2) is 0 Å². The summed E-state index contributed by atoms with van der Waals surface area (Å²) in [7, 11) is 0. The summed E-state index contributed by atoms with van der Waals surface area (Å²) < 4.78 is 5.43. The summed E-state index contributed by atoms with van der Waals surface area (Å²) in [5.74, 6) is 0.0929. The molecule has 17 heavy (non-hydrogen) atoms. The number of nitrogens with zero attached hydrogens (tertiary/aromatic N) is 2. The normalized spacial score (nSPS) is 17.1. The van der Waals surface area contributed by atoms with E-state index in [2.05, 4.69) is 10.2 Å². The van der Waals surface area contributed by atoms with E-state index in [1.807, 2.05) is 13.8 Å². The first-order valence-electron chi connectivity index (χ1n) is 6.56. The van der Waals surface area contributed by atoms with Gasteiger partial charge in [-0.3, -0.25) is 9.69 Å². The molecule has 0 aromatic heterocycles. The molecule has 1 rings (SSSR count). The van der Waals surface area contributed by atoms with E-state index in [4.69, 9.17) is 4.74 Å². The fraction of sp³-hybridized carbons (Fsp3) is 0.917. The summed E-state index contributed by atoms with van der Waals surface area (Å²) in [6, 6.07) is 0. The van der Waals surface area contributed by atoms with Gasteiger partial charge < -0.3 is 15.0 Å². The lowest BCUT2D eigenvalue weighted by Gasteiger charge is -2.27. The van der Waals surface area contributed by atoms with Gasteiger partial charge in [0.15, 0.2) is 0 Å². The zero-order valence-corrected chi connectivity index (χ0v) is 11.1. The smallest absolute Gasteiger partial charge is 0.248 e. The molecule has 5 heteroatoms. The third-order valence-corrected chi connectivity index (χ3v) is 3.10.